The van der Waals surface area contributed by atoms with E-state index < -0.39 is 20.9 Å². The molecule has 2 rings (SSSR count). The van der Waals surface area contributed by atoms with Gasteiger partial charge in [0.25, 0.3) is 10.0 Å². The van der Waals surface area contributed by atoms with Crippen LogP contribution in [0.15, 0.2) is 27.6 Å². The lowest BCUT2D eigenvalue weighted by molar-refractivity contribution is 0.145. The Morgan fingerprint density at radius 2 is 2.09 bits per heavy atom. The number of hydrogen-bond acceptors (Lipinski definition) is 7. The standard InChI is InChI=1S/C11H17N7O3S/c12-10(16-17-13)9-8(18-5-2-7(19)3-6-18)1-4-15-11(9)22(14,20)21/h1,4,7,19H,2-3,5-6H2,(H3,12,13,16)(H2,14,20,21). The minimum Gasteiger partial charge on any atom is -0.393 e. The molecule has 0 radical (unpaired) electrons. The molecule has 1 fully saturated rings. The Hall–Kier alpha value is -2.11. The van der Waals surface area contributed by atoms with Crippen LogP contribution in [0.25, 0.3) is 0 Å². The third-order valence-corrected chi connectivity index (χ3v) is 4.21. The zero-order valence-electron chi connectivity index (χ0n) is 11.7. The van der Waals surface area contributed by atoms with Gasteiger partial charge in [0.1, 0.15) is 0 Å². The maximum absolute atomic E-state index is 11.7. The van der Waals surface area contributed by atoms with Crippen molar-refractivity contribution < 1.29 is 13.5 Å². The van der Waals surface area contributed by atoms with Gasteiger partial charge in [0.05, 0.1) is 17.4 Å². The van der Waals surface area contributed by atoms with E-state index in [1.54, 1.807) is 6.07 Å². The number of aliphatic hydroxyl groups excluding tert-OH is 1. The van der Waals surface area contributed by atoms with Gasteiger partial charge in [0, 0.05) is 19.3 Å². The quantitative estimate of drug-likeness (QED) is 0.189. The fraction of sp³-hybridized carbons (Fsp3) is 0.455. The molecule has 1 saturated heterocycles. The highest BCUT2D eigenvalue weighted by atomic mass is 32.2. The summed E-state index contributed by atoms with van der Waals surface area (Å²) in [5, 5.41) is 28.6. The molecule has 1 aromatic rings. The fourth-order valence-electron chi connectivity index (χ4n) is 2.35. The van der Waals surface area contributed by atoms with Gasteiger partial charge in [-0.15, -0.1) is 5.11 Å². The first kappa shape index (κ1) is 16.3. The lowest BCUT2D eigenvalue weighted by Crippen LogP contribution is -2.37. The number of rotatable bonds is 3. The van der Waals surface area contributed by atoms with Crippen LogP contribution in [0.4, 0.5) is 5.69 Å². The van der Waals surface area contributed by atoms with E-state index in [0.717, 1.165) is 0 Å². The van der Waals surface area contributed by atoms with Gasteiger partial charge < -0.3 is 15.8 Å². The molecule has 1 aliphatic rings. The third kappa shape index (κ3) is 3.37. The second-order valence-corrected chi connectivity index (χ2v) is 6.31. The lowest BCUT2D eigenvalue weighted by Gasteiger charge is -2.32. The zero-order chi connectivity index (χ0) is 16.3. The molecule has 1 aromatic heterocycles. The average molecular weight is 327 g/mol. The smallest absolute Gasteiger partial charge is 0.256 e. The number of nitrogens with one attached hydrogen (secondary N) is 1. The van der Waals surface area contributed by atoms with Crippen LogP contribution in [0, 0.1) is 5.41 Å². The van der Waals surface area contributed by atoms with Crippen molar-refractivity contribution in [2.45, 2.75) is 24.0 Å². The first-order chi connectivity index (χ1) is 10.3. The Morgan fingerprint density at radius 1 is 1.45 bits per heavy atom. The first-order valence-electron chi connectivity index (χ1n) is 6.49. The SMILES string of the molecule is N=C(N=NN)c1c(N2CCC(O)CC2)ccnc1S(N)(=O)=O. The van der Waals surface area contributed by atoms with E-state index in [1.165, 1.54) is 6.20 Å². The molecule has 22 heavy (non-hydrogen) atoms. The number of hydrogen-bond donors (Lipinski definition) is 4. The number of amidine groups is 1. The second-order valence-electron chi connectivity index (χ2n) is 4.84. The van der Waals surface area contributed by atoms with E-state index in [2.05, 4.69) is 15.3 Å². The summed E-state index contributed by atoms with van der Waals surface area (Å²) >= 11 is 0. The Balaban J connectivity index is 2.56. The first-order valence-corrected chi connectivity index (χ1v) is 8.04. The number of piperidine rings is 1. The fourth-order valence-corrected chi connectivity index (χ4v) is 3.04. The molecule has 0 bridgehead atoms. The Bertz CT molecular complexity index is 696. The summed E-state index contributed by atoms with van der Waals surface area (Å²) in [5.41, 5.74) is 0.402. The van der Waals surface area contributed by atoms with Crippen molar-refractivity contribution in [2.24, 2.45) is 21.3 Å². The van der Waals surface area contributed by atoms with Gasteiger partial charge in [0.15, 0.2) is 10.9 Å². The van der Waals surface area contributed by atoms with Crippen molar-refractivity contribution >= 4 is 21.5 Å². The molecule has 0 saturated carbocycles. The minimum atomic E-state index is -4.14. The van der Waals surface area contributed by atoms with Gasteiger partial charge in [-0.3, -0.25) is 5.41 Å². The molecule has 0 spiro atoms. The third-order valence-electron chi connectivity index (χ3n) is 3.36. The molecule has 11 heteroatoms. The van der Waals surface area contributed by atoms with E-state index in [1.807, 2.05) is 4.90 Å². The highest BCUT2D eigenvalue weighted by Crippen LogP contribution is 2.28. The summed E-state index contributed by atoms with van der Waals surface area (Å²) in [6.07, 6.45) is 2.00. The molecule has 0 amide bonds. The van der Waals surface area contributed by atoms with Crippen LogP contribution >= 0.6 is 0 Å². The molecule has 10 nitrogen and oxygen atoms in total. The Kier molecular flexibility index (Phi) is 4.68. The number of nitrogens with two attached hydrogens (primary N) is 2. The maximum atomic E-state index is 11.7. The van der Waals surface area contributed by atoms with Crippen molar-refractivity contribution in [3.8, 4) is 0 Å². The van der Waals surface area contributed by atoms with Crippen LogP contribution in [0.3, 0.4) is 0 Å². The predicted octanol–water partition coefficient (Wildman–Crippen LogP) is -0.659. The topological polar surface area (TPSA) is 171 Å². The van der Waals surface area contributed by atoms with Gasteiger partial charge >= 0.3 is 0 Å². The van der Waals surface area contributed by atoms with Crippen molar-refractivity contribution in [3.05, 3.63) is 17.8 Å². The lowest BCUT2D eigenvalue weighted by atomic mass is 10.1. The number of aliphatic hydroxyl groups is 1. The Labute approximate surface area is 127 Å². The van der Waals surface area contributed by atoms with Crippen LogP contribution in [0.1, 0.15) is 18.4 Å². The number of primary sulfonamides is 1. The molecule has 0 aromatic carbocycles. The summed E-state index contributed by atoms with van der Waals surface area (Å²) in [7, 11) is -4.14. The summed E-state index contributed by atoms with van der Waals surface area (Å²) in [6, 6.07) is 1.57. The average Bonchev–Trinajstić information content (AvgIpc) is 2.46. The van der Waals surface area contributed by atoms with Crippen molar-refractivity contribution in [2.75, 3.05) is 18.0 Å². The Morgan fingerprint density at radius 3 is 2.64 bits per heavy atom. The van der Waals surface area contributed by atoms with Crippen molar-refractivity contribution in [1.82, 2.24) is 4.98 Å². The number of anilines is 1. The molecular weight excluding hydrogens is 310 g/mol. The molecule has 6 N–H and O–H groups in total. The predicted molar refractivity (Wildman–Crippen MR) is 78.9 cm³/mol. The number of nitrogens with zero attached hydrogens (tertiary/aromatic N) is 4. The number of pyridine rings is 1. The van der Waals surface area contributed by atoms with Gasteiger partial charge in [-0.05, 0) is 18.9 Å². The van der Waals surface area contributed by atoms with E-state index in [9.17, 15) is 13.5 Å². The molecule has 0 atom stereocenters. The highest BCUT2D eigenvalue weighted by Gasteiger charge is 2.27. The zero-order valence-corrected chi connectivity index (χ0v) is 12.5. The van der Waals surface area contributed by atoms with E-state index in [0.29, 0.717) is 31.6 Å². The van der Waals surface area contributed by atoms with Gasteiger partial charge in [-0.1, -0.05) is 5.22 Å². The molecular formula is C11H17N7O3S. The van der Waals surface area contributed by atoms with Crippen LogP contribution in [-0.4, -0.2) is 43.5 Å². The highest BCUT2D eigenvalue weighted by molar-refractivity contribution is 7.89. The second kappa shape index (κ2) is 6.34. The summed E-state index contributed by atoms with van der Waals surface area (Å²) < 4.78 is 23.4. The van der Waals surface area contributed by atoms with Crippen LogP contribution < -0.4 is 15.9 Å². The van der Waals surface area contributed by atoms with E-state index >= 15 is 0 Å². The largest absolute Gasteiger partial charge is 0.393 e. The van der Waals surface area contributed by atoms with Crippen molar-refractivity contribution in [1.29, 1.82) is 5.41 Å². The molecule has 0 aliphatic carbocycles. The van der Waals surface area contributed by atoms with Gasteiger partial charge in [-0.25, -0.2) is 18.5 Å². The van der Waals surface area contributed by atoms with Crippen molar-refractivity contribution in [3.63, 3.8) is 0 Å². The van der Waals surface area contributed by atoms with Gasteiger partial charge in [-0.2, -0.15) is 0 Å². The summed E-state index contributed by atoms with van der Waals surface area (Å²) in [6.45, 7) is 1.02. The van der Waals surface area contributed by atoms with E-state index in [4.69, 9.17) is 16.4 Å². The number of aromatic nitrogens is 1. The van der Waals surface area contributed by atoms with Crippen LogP contribution in [0.5, 0.6) is 0 Å². The van der Waals surface area contributed by atoms with Crippen LogP contribution in [-0.2, 0) is 10.0 Å². The molecule has 2 heterocycles. The normalized spacial score (nSPS) is 17.1. The van der Waals surface area contributed by atoms with Gasteiger partial charge in [0.2, 0.25) is 0 Å². The molecule has 120 valence electrons. The van der Waals surface area contributed by atoms with E-state index in [-0.39, 0.29) is 11.7 Å². The summed E-state index contributed by atoms with van der Waals surface area (Å²) in [5.74, 6) is 4.50. The monoisotopic (exact) mass is 327 g/mol. The molecule has 1 aliphatic heterocycles. The summed E-state index contributed by atoms with van der Waals surface area (Å²) in [4.78, 5) is 5.60. The number of sulfonamides is 1. The minimum absolute atomic E-state index is 0.0458. The molecule has 0 unspecified atom stereocenters. The van der Waals surface area contributed by atoms with Crippen LogP contribution in [0.2, 0.25) is 0 Å². The maximum Gasteiger partial charge on any atom is 0.256 e.